The summed E-state index contributed by atoms with van der Waals surface area (Å²) in [4.78, 5) is 23.7. The molecule has 3 aliphatic heterocycles. The summed E-state index contributed by atoms with van der Waals surface area (Å²) < 4.78 is 13.8. The lowest BCUT2D eigenvalue weighted by molar-refractivity contribution is 0.0217. The second-order valence-electron chi connectivity index (χ2n) is 6.50. The number of rotatable bonds is 3. The molecule has 126 valence electrons. The molecular weight excluding hydrogens is 327 g/mol. The number of nitrogens with one attached hydrogen (secondary N) is 1. The van der Waals surface area contributed by atoms with Crippen molar-refractivity contribution in [3.05, 3.63) is 35.5 Å². The molecule has 5 nitrogen and oxygen atoms in total. The Balaban J connectivity index is 1.51. The lowest BCUT2D eigenvalue weighted by Crippen LogP contribution is -2.62. The third-order valence-electron chi connectivity index (χ3n) is 5.21. The van der Waals surface area contributed by atoms with E-state index in [1.165, 1.54) is 29.8 Å². The van der Waals surface area contributed by atoms with Crippen molar-refractivity contribution in [2.45, 2.75) is 31.8 Å². The smallest absolute Gasteiger partial charge is 0.280 e. The normalized spacial score (nSPS) is 28.8. The minimum atomic E-state index is -0.355. The minimum Gasteiger partial charge on any atom is -0.345 e. The van der Waals surface area contributed by atoms with Crippen LogP contribution in [0, 0.1) is 11.7 Å². The number of nitrogens with zero attached hydrogens (tertiary/aromatic N) is 3. The van der Waals surface area contributed by atoms with E-state index in [0.717, 1.165) is 25.9 Å². The molecule has 0 saturated carbocycles. The van der Waals surface area contributed by atoms with Crippen molar-refractivity contribution in [2.24, 2.45) is 5.92 Å². The highest BCUT2D eigenvalue weighted by Gasteiger charge is 2.40. The van der Waals surface area contributed by atoms with E-state index in [1.807, 2.05) is 0 Å². The molecule has 0 aromatic carbocycles. The molecule has 3 saturated heterocycles. The van der Waals surface area contributed by atoms with Gasteiger partial charge in [0, 0.05) is 36.2 Å². The van der Waals surface area contributed by atoms with E-state index < -0.39 is 0 Å². The van der Waals surface area contributed by atoms with E-state index in [1.54, 1.807) is 6.20 Å². The maximum absolute atomic E-state index is 13.8. The summed E-state index contributed by atoms with van der Waals surface area (Å²) in [6, 6.07) is 1.84. The highest BCUT2D eigenvalue weighted by molar-refractivity contribution is 7.16. The highest BCUT2D eigenvalue weighted by Crippen LogP contribution is 2.33. The number of hydrogen-bond donors (Lipinski definition) is 1. The second kappa shape index (κ2) is 6.22. The van der Waals surface area contributed by atoms with Crippen LogP contribution in [-0.4, -0.2) is 45.9 Å². The fraction of sp³-hybridized carbons (Fsp3) is 0.471. The van der Waals surface area contributed by atoms with E-state index in [2.05, 4.69) is 27.1 Å². The topological polar surface area (TPSA) is 58.1 Å². The van der Waals surface area contributed by atoms with E-state index >= 15 is 0 Å². The van der Waals surface area contributed by atoms with E-state index in [9.17, 15) is 9.18 Å². The summed E-state index contributed by atoms with van der Waals surface area (Å²) >= 11 is 1.20. The van der Waals surface area contributed by atoms with Crippen molar-refractivity contribution in [1.29, 1.82) is 0 Å². The van der Waals surface area contributed by atoms with Gasteiger partial charge in [0.1, 0.15) is 5.82 Å². The maximum Gasteiger partial charge on any atom is 0.280 e. The number of pyridine rings is 1. The van der Waals surface area contributed by atoms with Crippen molar-refractivity contribution in [3.8, 4) is 10.4 Å². The first-order chi connectivity index (χ1) is 11.6. The van der Waals surface area contributed by atoms with E-state index in [-0.39, 0.29) is 17.8 Å². The van der Waals surface area contributed by atoms with Crippen molar-refractivity contribution in [1.82, 2.24) is 20.2 Å². The predicted molar refractivity (Wildman–Crippen MR) is 90.3 cm³/mol. The zero-order chi connectivity index (χ0) is 16.7. The Bertz CT molecular complexity index is 755. The standard InChI is InChI=1S/C17H19FN4OS/c1-10-15(11-3-6-22(10)7-4-11)21-16(23)17-20-9-14(24-17)12-8-19-5-2-13(12)18/h2,5,8-11,15H,3-4,6-7H2,1H3,(H,21,23)/t10-,15-/m0/s1. The molecule has 2 aromatic heterocycles. The zero-order valence-corrected chi connectivity index (χ0v) is 14.2. The average Bonchev–Trinajstić information content (AvgIpc) is 3.09. The van der Waals surface area contributed by atoms with Gasteiger partial charge in [0.25, 0.3) is 5.91 Å². The van der Waals surface area contributed by atoms with Crippen LogP contribution in [0.25, 0.3) is 10.4 Å². The summed E-state index contributed by atoms with van der Waals surface area (Å²) in [5.74, 6) is 0.0249. The summed E-state index contributed by atoms with van der Waals surface area (Å²) in [7, 11) is 0. The molecule has 0 unspecified atom stereocenters. The van der Waals surface area contributed by atoms with Crippen LogP contribution in [0.2, 0.25) is 0 Å². The van der Waals surface area contributed by atoms with Crippen LogP contribution in [-0.2, 0) is 0 Å². The third-order valence-corrected chi connectivity index (χ3v) is 6.24. The fourth-order valence-electron chi connectivity index (χ4n) is 3.82. The van der Waals surface area contributed by atoms with Gasteiger partial charge in [0.05, 0.1) is 4.88 Å². The van der Waals surface area contributed by atoms with Crippen LogP contribution in [0.5, 0.6) is 0 Å². The van der Waals surface area contributed by atoms with Crippen LogP contribution in [0.15, 0.2) is 24.7 Å². The number of piperidine rings is 3. The van der Waals surface area contributed by atoms with Gasteiger partial charge in [-0.3, -0.25) is 14.7 Å². The first kappa shape index (κ1) is 15.7. The number of halogens is 1. The second-order valence-corrected chi connectivity index (χ2v) is 7.53. The highest BCUT2D eigenvalue weighted by atomic mass is 32.1. The fourth-order valence-corrected chi connectivity index (χ4v) is 4.65. The van der Waals surface area contributed by atoms with Gasteiger partial charge in [-0.15, -0.1) is 11.3 Å². The molecule has 24 heavy (non-hydrogen) atoms. The quantitative estimate of drug-likeness (QED) is 0.928. The van der Waals surface area contributed by atoms with Crippen molar-refractivity contribution in [3.63, 3.8) is 0 Å². The molecule has 2 atom stereocenters. The molecule has 1 N–H and O–H groups in total. The van der Waals surface area contributed by atoms with Gasteiger partial charge in [-0.1, -0.05) is 0 Å². The largest absolute Gasteiger partial charge is 0.345 e. The Morgan fingerprint density at radius 2 is 2.17 bits per heavy atom. The molecule has 0 radical (unpaired) electrons. The molecule has 1 amide bonds. The van der Waals surface area contributed by atoms with Gasteiger partial charge in [0.15, 0.2) is 5.01 Å². The molecule has 0 aliphatic carbocycles. The summed E-state index contributed by atoms with van der Waals surface area (Å²) in [6.45, 7) is 4.42. The van der Waals surface area contributed by atoms with Crippen molar-refractivity contribution < 1.29 is 9.18 Å². The van der Waals surface area contributed by atoms with Gasteiger partial charge >= 0.3 is 0 Å². The van der Waals surface area contributed by atoms with Crippen LogP contribution in [0.1, 0.15) is 29.6 Å². The SMILES string of the molecule is C[C@H]1[C@H](NC(=O)c2ncc(-c3cnccc3F)s2)C2CCN1CC2. The van der Waals surface area contributed by atoms with Gasteiger partial charge in [0.2, 0.25) is 0 Å². The van der Waals surface area contributed by atoms with Gasteiger partial charge < -0.3 is 5.32 Å². The molecule has 0 spiro atoms. The molecule has 5 heterocycles. The number of hydrogen-bond acceptors (Lipinski definition) is 5. The van der Waals surface area contributed by atoms with Gasteiger partial charge in [-0.25, -0.2) is 9.37 Å². The first-order valence-corrected chi connectivity index (χ1v) is 9.06. The Hall–Kier alpha value is -1.86. The summed E-state index contributed by atoms with van der Waals surface area (Å²) in [5.41, 5.74) is 0.380. The molecule has 3 fully saturated rings. The van der Waals surface area contributed by atoms with Crippen LogP contribution < -0.4 is 5.32 Å². The minimum absolute atomic E-state index is 0.166. The summed E-state index contributed by atoms with van der Waals surface area (Å²) in [6.07, 6.45) is 6.68. The predicted octanol–water partition coefficient (Wildman–Crippen LogP) is 2.56. The molecule has 5 rings (SSSR count). The average molecular weight is 346 g/mol. The third kappa shape index (κ3) is 2.71. The number of thiazole rings is 1. The molecule has 7 heteroatoms. The lowest BCUT2D eigenvalue weighted by atomic mass is 9.79. The lowest BCUT2D eigenvalue weighted by Gasteiger charge is -2.49. The monoisotopic (exact) mass is 346 g/mol. The number of carbonyl (C=O) groups is 1. The molecule has 2 aromatic rings. The number of fused-ring (bicyclic) bond motifs is 3. The van der Waals surface area contributed by atoms with Crippen LogP contribution >= 0.6 is 11.3 Å². The van der Waals surface area contributed by atoms with Gasteiger partial charge in [-0.2, -0.15) is 0 Å². The van der Waals surface area contributed by atoms with Crippen molar-refractivity contribution in [2.75, 3.05) is 13.1 Å². The molecular formula is C17H19FN4OS. The number of amides is 1. The van der Waals surface area contributed by atoms with Crippen molar-refractivity contribution >= 4 is 17.2 Å². The Kier molecular flexibility index (Phi) is 4.05. The van der Waals surface area contributed by atoms with E-state index in [4.69, 9.17) is 0 Å². The summed E-state index contributed by atoms with van der Waals surface area (Å²) in [5, 5.41) is 3.53. The van der Waals surface area contributed by atoms with E-state index in [0.29, 0.717) is 27.4 Å². The first-order valence-electron chi connectivity index (χ1n) is 8.24. The van der Waals surface area contributed by atoms with Crippen LogP contribution in [0.3, 0.4) is 0 Å². The zero-order valence-electron chi connectivity index (χ0n) is 13.4. The molecule has 3 aliphatic rings. The number of carbonyl (C=O) groups excluding carboxylic acids is 1. The maximum atomic E-state index is 13.8. The Morgan fingerprint density at radius 3 is 2.88 bits per heavy atom. The Labute approximate surface area is 143 Å². The van der Waals surface area contributed by atoms with Gasteiger partial charge in [-0.05, 0) is 44.8 Å². The molecule has 2 bridgehead atoms. The van der Waals surface area contributed by atoms with Crippen LogP contribution in [0.4, 0.5) is 4.39 Å². The Morgan fingerprint density at radius 1 is 1.38 bits per heavy atom. The number of aromatic nitrogens is 2.